The molecule has 2 nitrogen and oxygen atoms in total. The van der Waals surface area contributed by atoms with Gasteiger partial charge in [0.2, 0.25) is 15.7 Å². The first-order valence-corrected chi connectivity index (χ1v) is 53.1. The Labute approximate surface area is 548 Å². The molecule has 0 bridgehead atoms. The zero-order valence-electron chi connectivity index (χ0n) is 54.0. The predicted molar refractivity (Wildman–Crippen MR) is 407 cm³/mol. The van der Waals surface area contributed by atoms with Crippen LogP contribution in [0.4, 0.5) is 0 Å². The second-order valence-electron chi connectivity index (χ2n) is 26.8. The van der Waals surface area contributed by atoms with Crippen LogP contribution in [0.15, 0.2) is 364 Å². The molecule has 0 spiro atoms. The molecule has 0 amide bonds. The number of hydrogen-bond donors (Lipinski definition) is 0. The SMILES string of the molecule is CC(C)(C)O[Si](c1ccccc1)(c1ccccc1)[Si](c1ccccc1)(c1ccccc1)[Si](c1ccccc1)(c1ccccc1)[Si](C)(C)[Si](c1ccccc1)(c1ccccc1)[Si](c1ccccc1)(c1ccccc1)[Si](OC(C)(C)C)(c1ccccc1)c1ccccc1. The highest BCUT2D eigenvalue weighted by Crippen LogP contribution is 2.47. The zero-order chi connectivity index (χ0) is 63.3. The molecule has 0 aliphatic carbocycles. The molecule has 452 valence electrons. The van der Waals surface area contributed by atoms with Crippen molar-refractivity contribution >= 4 is 113 Å². The Morgan fingerprint density at radius 3 is 0.429 bits per heavy atom. The van der Waals surface area contributed by atoms with Crippen LogP contribution >= 0.6 is 0 Å². The molecule has 12 aromatic rings. The molecule has 9 heteroatoms. The van der Waals surface area contributed by atoms with Gasteiger partial charge in [-0.15, -0.1) is 0 Å². The van der Waals surface area contributed by atoms with Crippen molar-refractivity contribution in [3.63, 3.8) is 0 Å². The maximum Gasteiger partial charge on any atom is 0.249 e. The number of rotatable bonds is 20. The van der Waals surface area contributed by atoms with Crippen molar-refractivity contribution in [2.45, 2.75) is 65.8 Å². The summed E-state index contributed by atoms with van der Waals surface area (Å²) in [6.07, 6.45) is 0. The highest BCUT2D eigenvalue weighted by atomic mass is 30.1. The molecule has 0 radical (unpaired) electrons. The Balaban J connectivity index is 1.53. The molecule has 0 saturated heterocycles. The molecular formula is C82H84O2Si7. The third kappa shape index (κ3) is 10.3. The highest BCUT2D eigenvalue weighted by molar-refractivity contribution is 8.12. The lowest BCUT2D eigenvalue weighted by molar-refractivity contribution is 0.131. The summed E-state index contributed by atoms with van der Waals surface area (Å²) in [4.78, 5) is 0. The summed E-state index contributed by atoms with van der Waals surface area (Å²) in [5.41, 5.74) is -1.30. The van der Waals surface area contributed by atoms with E-state index in [9.17, 15) is 0 Å². The van der Waals surface area contributed by atoms with Gasteiger partial charge in [0.25, 0.3) is 0 Å². The minimum absolute atomic E-state index is 0.651. The van der Waals surface area contributed by atoms with Gasteiger partial charge >= 0.3 is 0 Å². The van der Waals surface area contributed by atoms with E-state index in [-0.39, 0.29) is 0 Å². The monoisotopic (exact) mass is 1300 g/mol. The number of benzene rings is 12. The van der Waals surface area contributed by atoms with Gasteiger partial charge in [0, 0.05) is 11.2 Å². The Morgan fingerprint density at radius 2 is 0.297 bits per heavy atom. The molecule has 12 aromatic carbocycles. The molecule has 0 saturated carbocycles. The Morgan fingerprint density at radius 1 is 0.176 bits per heavy atom. The van der Waals surface area contributed by atoms with Gasteiger partial charge in [-0.3, -0.25) is 0 Å². The summed E-state index contributed by atoms with van der Waals surface area (Å²) in [5, 5.41) is 16.6. The lowest BCUT2D eigenvalue weighted by Gasteiger charge is -2.70. The molecule has 0 N–H and O–H groups in total. The van der Waals surface area contributed by atoms with Gasteiger partial charge < -0.3 is 8.85 Å². The molecular weight excluding hydrogens is 1210 g/mol. The lowest BCUT2D eigenvalue weighted by Crippen LogP contribution is -3.13. The van der Waals surface area contributed by atoms with E-state index in [1.165, 1.54) is 62.2 Å². The van der Waals surface area contributed by atoms with Crippen LogP contribution in [0, 0.1) is 0 Å². The van der Waals surface area contributed by atoms with E-state index >= 15 is 0 Å². The van der Waals surface area contributed by atoms with Crippen LogP contribution in [-0.2, 0) is 8.85 Å². The Hall–Kier alpha value is -7.92. The summed E-state index contributed by atoms with van der Waals surface area (Å²) < 4.78 is 18.3. The fourth-order valence-corrected chi connectivity index (χ4v) is 205. The van der Waals surface area contributed by atoms with Gasteiger partial charge in [0.05, 0.1) is 7.11 Å². The Bertz CT molecular complexity index is 3730. The smallest absolute Gasteiger partial charge is 0.249 e. The molecule has 0 aliphatic rings. The van der Waals surface area contributed by atoms with Crippen LogP contribution in [-0.4, -0.2) is 62.4 Å². The topological polar surface area (TPSA) is 18.5 Å². The molecule has 91 heavy (non-hydrogen) atoms. The normalized spacial score (nSPS) is 12.9. The van der Waals surface area contributed by atoms with E-state index in [4.69, 9.17) is 8.85 Å². The first kappa shape index (κ1) is 63.2. The van der Waals surface area contributed by atoms with Crippen LogP contribution in [0.25, 0.3) is 0 Å². The van der Waals surface area contributed by atoms with Crippen molar-refractivity contribution in [1.29, 1.82) is 0 Å². The average Bonchev–Trinajstić information content (AvgIpc) is 0.633. The molecule has 0 fully saturated rings. The van der Waals surface area contributed by atoms with Crippen LogP contribution in [0.3, 0.4) is 0 Å². The van der Waals surface area contributed by atoms with E-state index in [2.05, 4.69) is 419 Å². The second kappa shape index (κ2) is 26.0. The minimum atomic E-state index is -4.09. The van der Waals surface area contributed by atoms with E-state index in [1.54, 1.807) is 0 Å². The maximum atomic E-state index is 9.14. The van der Waals surface area contributed by atoms with Crippen molar-refractivity contribution in [3.8, 4) is 0 Å². The summed E-state index contributed by atoms with van der Waals surface area (Å²) >= 11 is 0. The highest BCUT2D eigenvalue weighted by Gasteiger charge is 2.86. The average molecular weight is 1300 g/mol. The molecule has 0 aliphatic heterocycles. The quantitative estimate of drug-likeness (QED) is 0.0708. The maximum absolute atomic E-state index is 9.14. The predicted octanol–water partition coefficient (Wildman–Crippen LogP) is 11.4. The standard InChI is InChI=1S/C82H84O2Si7/c1-81(2,3)83-86(69-45-21-9-22-46-69,70-47-23-10-24-48-70)90(77-61-37-17-38-62-77,78-63-39-18-40-64-78)88(73-53-29-13-30-54-73,74-55-31-14-32-56-74)85(7,8)89(75-57-33-15-34-58-75,76-59-35-16-36-60-76)91(79-65-41-19-42-66-79,80-67-43-20-44-68-80)87(84-82(4,5)6,71-49-25-11-26-50-71)72-51-27-12-28-52-72/h9-68H,1-8H3. The van der Waals surface area contributed by atoms with Crippen LogP contribution in [0.5, 0.6) is 0 Å². The lowest BCUT2D eigenvalue weighted by atomic mass is 10.2. The first-order chi connectivity index (χ1) is 44.2. The van der Waals surface area contributed by atoms with Crippen molar-refractivity contribution in [1.82, 2.24) is 0 Å². The van der Waals surface area contributed by atoms with Gasteiger partial charge in [-0.05, 0) is 62.3 Å². The van der Waals surface area contributed by atoms with Gasteiger partial charge in [-0.25, -0.2) is 0 Å². The van der Waals surface area contributed by atoms with Crippen molar-refractivity contribution in [3.05, 3.63) is 364 Å². The van der Waals surface area contributed by atoms with Crippen molar-refractivity contribution in [2.75, 3.05) is 0 Å². The number of hydrogen-bond acceptors (Lipinski definition) is 2. The molecule has 0 aromatic heterocycles. The van der Waals surface area contributed by atoms with Gasteiger partial charge in [-0.1, -0.05) is 419 Å². The van der Waals surface area contributed by atoms with Gasteiger partial charge in [-0.2, -0.15) is 0 Å². The largest absolute Gasteiger partial charge is 0.405 e. The van der Waals surface area contributed by atoms with Crippen LogP contribution in [0.2, 0.25) is 13.1 Å². The third-order valence-corrected chi connectivity index (χ3v) is 133. The van der Waals surface area contributed by atoms with Crippen LogP contribution < -0.4 is 62.2 Å². The third-order valence-electron chi connectivity index (χ3n) is 19.4. The van der Waals surface area contributed by atoms with Gasteiger partial charge in [0.1, 0.15) is 14.2 Å². The van der Waals surface area contributed by atoms with E-state index in [1.807, 2.05) is 0 Å². The molecule has 0 unspecified atom stereocenters. The van der Waals surface area contributed by atoms with Gasteiger partial charge in [0.15, 0.2) is 14.2 Å². The summed E-state index contributed by atoms with van der Waals surface area (Å²) in [5.74, 6) is 0. The van der Waals surface area contributed by atoms with Crippen molar-refractivity contribution < 1.29 is 8.85 Å². The van der Waals surface area contributed by atoms with Crippen molar-refractivity contribution in [2.24, 2.45) is 0 Å². The molecule has 0 atom stereocenters. The fourth-order valence-electron chi connectivity index (χ4n) is 17.1. The van der Waals surface area contributed by atoms with Crippen LogP contribution in [0.1, 0.15) is 41.5 Å². The first-order valence-electron chi connectivity index (χ1n) is 32.2. The Kier molecular flexibility index (Phi) is 18.1. The van der Waals surface area contributed by atoms with E-state index in [0.717, 1.165) is 0 Å². The van der Waals surface area contributed by atoms with E-state index in [0.29, 0.717) is 0 Å². The zero-order valence-corrected chi connectivity index (χ0v) is 61.0. The minimum Gasteiger partial charge on any atom is -0.405 e. The summed E-state index contributed by atoms with van der Waals surface area (Å²) in [6.45, 7) is 20.0. The molecule has 12 rings (SSSR count). The summed E-state index contributed by atoms with van der Waals surface area (Å²) in [6, 6.07) is 145. The summed E-state index contributed by atoms with van der Waals surface area (Å²) in [7, 11) is -28.2. The van der Waals surface area contributed by atoms with E-state index < -0.39 is 62.4 Å². The molecule has 0 heterocycles. The second-order valence-corrected chi connectivity index (χ2v) is 83.3. The fraction of sp³-hybridized carbons (Fsp3) is 0.122.